The summed E-state index contributed by atoms with van der Waals surface area (Å²) in [6.07, 6.45) is 5.93. The molecule has 2 aromatic carbocycles. The number of nitrogen functional groups attached to an aromatic ring is 1. The fourth-order valence-corrected chi connectivity index (χ4v) is 4.69. The minimum absolute atomic E-state index is 0.119. The monoisotopic (exact) mass is 414 g/mol. The Balaban J connectivity index is 1.57. The number of fused-ring (bicyclic) bond motifs is 3. The van der Waals surface area contributed by atoms with Crippen LogP contribution in [0.4, 0.5) is 10.2 Å². The third-order valence-electron chi connectivity index (χ3n) is 6.12. The highest BCUT2D eigenvalue weighted by molar-refractivity contribution is 5.96. The molecule has 154 valence electrons. The van der Waals surface area contributed by atoms with E-state index in [0.717, 1.165) is 25.3 Å². The summed E-state index contributed by atoms with van der Waals surface area (Å²) in [4.78, 5) is 8.66. The van der Waals surface area contributed by atoms with Gasteiger partial charge in [0.05, 0.1) is 11.6 Å². The highest BCUT2D eigenvalue weighted by Crippen LogP contribution is 2.36. The van der Waals surface area contributed by atoms with Crippen LogP contribution in [0.25, 0.3) is 27.8 Å². The fourth-order valence-electron chi connectivity index (χ4n) is 4.69. The van der Waals surface area contributed by atoms with Gasteiger partial charge in [-0.05, 0) is 42.5 Å². The van der Waals surface area contributed by atoms with Crippen molar-refractivity contribution in [2.75, 3.05) is 5.73 Å². The molecule has 0 radical (unpaired) electrons. The Hall–Kier alpha value is -3.94. The first-order chi connectivity index (χ1) is 15.1. The van der Waals surface area contributed by atoms with Crippen molar-refractivity contribution in [3.63, 3.8) is 0 Å². The topological polar surface area (TPSA) is 94.8 Å². The normalized spacial score (nSPS) is 16.1. The average Bonchev–Trinajstić information content (AvgIpc) is 3.36. The van der Waals surface area contributed by atoms with E-state index in [1.165, 1.54) is 23.5 Å². The van der Waals surface area contributed by atoms with Gasteiger partial charge in [0.2, 0.25) is 0 Å². The number of aromatic hydroxyl groups is 1. The lowest BCUT2D eigenvalue weighted by Gasteiger charge is -2.25. The zero-order valence-electron chi connectivity index (χ0n) is 16.5. The van der Waals surface area contributed by atoms with E-state index in [1.807, 2.05) is 4.68 Å². The molecule has 1 aliphatic carbocycles. The molecule has 6 rings (SSSR count). The number of rotatable bonds is 2. The Morgan fingerprint density at radius 3 is 2.81 bits per heavy atom. The van der Waals surface area contributed by atoms with Crippen LogP contribution >= 0.6 is 0 Å². The number of nitrogens with two attached hydrogens (primary N) is 1. The van der Waals surface area contributed by atoms with E-state index in [4.69, 9.17) is 10.8 Å². The van der Waals surface area contributed by atoms with Crippen LogP contribution in [0.2, 0.25) is 0 Å². The quantitative estimate of drug-likeness (QED) is 0.456. The minimum atomic E-state index is -0.498. The lowest BCUT2D eigenvalue weighted by molar-refractivity contribution is 0.413. The third kappa shape index (κ3) is 2.68. The lowest BCUT2D eigenvalue weighted by Crippen LogP contribution is -2.20. The summed E-state index contributed by atoms with van der Waals surface area (Å²) in [6, 6.07) is 12.8. The van der Waals surface area contributed by atoms with Crippen molar-refractivity contribution < 1.29 is 9.50 Å². The molecule has 0 bridgehead atoms. The first-order valence-corrected chi connectivity index (χ1v) is 10.2. The van der Waals surface area contributed by atoms with Crippen molar-refractivity contribution in [2.45, 2.75) is 25.3 Å². The summed E-state index contributed by atoms with van der Waals surface area (Å²) in [7, 11) is 0. The molecule has 3 heterocycles. The van der Waals surface area contributed by atoms with Gasteiger partial charge in [0.25, 0.3) is 0 Å². The summed E-state index contributed by atoms with van der Waals surface area (Å²) in [5, 5.41) is 16.5. The van der Waals surface area contributed by atoms with E-state index in [1.54, 1.807) is 16.8 Å². The summed E-state index contributed by atoms with van der Waals surface area (Å²) >= 11 is 0. The molecule has 0 fully saturated rings. The second-order valence-corrected chi connectivity index (χ2v) is 7.94. The molecule has 5 aromatic rings. The number of nitrogens with zero attached hydrogens (tertiary/aromatic N) is 5. The van der Waals surface area contributed by atoms with Gasteiger partial charge in [0, 0.05) is 17.6 Å². The maximum atomic E-state index is 13.8. The van der Waals surface area contributed by atoms with Gasteiger partial charge >= 0.3 is 0 Å². The highest BCUT2D eigenvalue weighted by Gasteiger charge is 2.26. The van der Waals surface area contributed by atoms with Crippen LogP contribution in [0.3, 0.4) is 0 Å². The maximum absolute atomic E-state index is 13.8. The second-order valence-electron chi connectivity index (χ2n) is 7.94. The van der Waals surface area contributed by atoms with Crippen molar-refractivity contribution in [1.29, 1.82) is 0 Å². The van der Waals surface area contributed by atoms with Crippen LogP contribution in [0.5, 0.6) is 5.75 Å². The van der Waals surface area contributed by atoms with Gasteiger partial charge in [-0.1, -0.05) is 24.3 Å². The van der Waals surface area contributed by atoms with Gasteiger partial charge < -0.3 is 10.8 Å². The maximum Gasteiger partial charge on any atom is 0.172 e. The predicted molar refractivity (Wildman–Crippen MR) is 116 cm³/mol. The standard InChI is InChI=1S/C23H19FN6O/c24-16-9-15-7-8-29(20(15)18(31)11-16)23-19-21(25)26-12-27-22(19)30(28-23)17-6-5-13-3-1-2-4-14(13)10-17/h1-4,7-9,11-12,17,31H,5-6,10H2,(H2,25,26,27). The first kappa shape index (κ1) is 17.9. The molecule has 0 saturated carbocycles. The van der Waals surface area contributed by atoms with Crippen molar-refractivity contribution in [3.05, 3.63) is 71.9 Å². The lowest BCUT2D eigenvalue weighted by atomic mass is 9.88. The van der Waals surface area contributed by atoms with E-state index in [9.17, 15) is 9.50 Å². The van der Waals surface area contributed by atoms with E-state index in [0.29, 0.717) is 33.6 Å². The summed E-state index contributed by atoms with van der Waals surface area (Å²) in [5.41, 5.74) is 10.0. The van der Waals surface area contributed by atoms with Gasteiger partial charge in [-0.15, -0.1) is 0 Å². The molecule has 0 aliphatic heterocycles. The van der Waals surface area contributed by atoms with Crippen molar-refractivity contribution in [1.82, 2.24) is 24.3 Å². The second kappa shape index (κ2) is 6.53. The number of phenols is 1. The molecule has 8 heteroatoms. The predicted octanol–water partition coefficient (Wildman–Crippen LogP) is 3.93. The summed E-state index contributed by atoms with van der Waals surface area (Å²) in [5.74, 6) is 0.168. The van der Waals surface area contributed by atoms with Crippen molar-refractivity contribution in [2.24, 2.45) is 0 Å². The zero-order chi connectivity index (χ0) is 21.1. The molecular formula is C23H19FN6O. The number of phenolic OH excluding ortho intramolecular Hbond substituents is 1. The number of benzene rings is 2. The van der Waals surface area contributed by atoms with Crippen LogP contribution < -0.4 is 5.73 Å². The van der Waals surface area contributed by atoms with E-state index < -0.39 is 5.82 Å². The van der Waals surface area contributed by atoms with Gasteiger partial charge in [-0.3, -0.25) is 4.57 Å². The minimum Gasteiger partial charge on any atom is -0.506 e. The van der Waals surface area contributed by atoms with Crippen molar-refractivity contribution >= 4 is 27.8 Å². The average molecular weight is 414 g/mol. The Morgan fingerprint density at radius 2 is 1.94 bits per heavy atom. The highest BCUT2D eigenvalue weighted by atomic mass is 19.1. The molecule has 7 nitrogen and oxygen atoms in total. The molecule has 1 aliphatic rings. The third-order valence-corrected chi connectivity index (χ3v) is 6.12. The SMILES string of the molecule is Nc1ncnc2c1c(-n1ccc3cc(F)cc(O)c31)nn2C1CCc2ccccc2C1. The van der Waals surface area contributed by atoms with Crippen LogP contribution in [-0.4, -0.2) is 29.4 Å². The van der Waals surface area contributed by atoms with E-state index in [2.05, 4.69) is 34.2 Å². The fraction of sp³-hybridized carbons (Fsp3) is 0.174. The zero-order valence-corrected chi connectivity index (χ0v) is 16.5. The number of aryl methyl sites for hydroxylation is 1. The van der Waals surface area contributed by atoms with Gasteiger partial charge in [0.1, 0.15) is 29.1 Å². The van der Waals surface area contributed by atoms with Crippen LogP contribution in [0.1, 0.15) is 23.6 Å². The van der Waals surface area contributed by atoms with Gasteiger partial charge in [0.15, 0.2) is 11.5 Å². The van der Waals surface area contributed by atoms with Crippen LogP contribution in [0, 0.1) is 5.82 Å². The smallest absolute Gasteiger partial charge is 0.172 e. The number of aromatic nitrogens is 5. The van der Waals surface area contributed by atoms with Gasteiger partial charge in [-0.2, -0.15) is 5.10 Å². The molecule has 1 unspecified atom stereocenters. The first-order valence-electron chi connectivity index (χ1n) is 10.2. The molecule has 3 aromatic heterocycles. The molecular weight excluding hydrogens is 395 g/mol. The number of hydrogen-bond acceptors (Lipinski definition) is 5. The molecule has 31 heavy (non-hydrogen) atoms. The van der Waals surface area contributed by atoms with E-state index >= 15 is 0 Å². The molecule has 0 saturated heterocycles. The molecule has 0 amide bonds. The Bertz CT molecular complexity index is 1470. The number of hydrogen-bond donors (Lipinski definition) is 2. The molecule has 0 spiro atoms. The summed E-state index contributed by atoms with van der Waals surface area (Å²) in [6.45, 7) is 0. The molecule has 1 atom stereocenters. The van der Waals surface area contributed by atoms with Gasteiger partial charge in [-0.25, -0.2) is 19.0 Å². The summed E-state index contributed by atoms with van der Waals surface area (Å²) < 4.78 is 17.4. The van der Waals surface area contributed by atoms with Crippen LogP contribution in [0.15, 0.2) is 55.0 Å². The van der Waals surface area contributed by atoms with E-state index in [-0.39, 0.29) is 11.8 Å². The van der Waals surface area contributed by atoms with Crippen LogP contribution in [-0.2, 0) is 12.8 Å². The number of halogens is 1. The number of anilines is 1. The Labute approximate surface area is 176 Å². The molecule has 3 N–H and O–H groups in total. The Kier molecular flexibility index (Phi) is 3.77. The van der Waals surface area contributed by atoms with Crippen molar-refractivity contribution in [3.8, 4) is 11.6 Å². The largest absolute Gasteiger partial charge is 0.506 e. The Morgan fingerprint density at radius 1 is 1.10 bits per heavy atom.